The Bertz CT molecular complexity index is 1170. The fourth-order valence-corrected chi connectivity index (χ4v) is 3.63. The number of anilines is 1. The van der Waals surface area contributed by atoms with Gasteiger partial charge in [0.2, 0.25) is 0 Å². The number of ether oxygens (including phenoxy) is 2. The van der Waals surface area contributed by atoms with E-state index in [0.717, 1.165) is 11.1 Å². The van der Waals surface area contributed by atoms with E-state index in [1.54, 1.807) is 61.5 Å². The second-order valence-electron chi connectivity index (χ2n) is 7.27. The first-order valence-electron chi connectivity index (χ1n) is 10.1. The number of hydrogen-bond donors (Lipinski definition) is 1. The topological polar surface area (TPSA) is 81.7 Å². The molecule has 0 saturated heterocycles. The first-order chi connectivity index (χ1) is 15.4. The van der Waals surface area contributed by atoms with E-state index < -0.39 is 18.0 Å². The Balaban J connectivity index is 1.50. The summed E-state index contributed by atoms with van der Waals surface area (Å²) >= 11 is 5.95. The summed E-state index contributed by atoms with van der Waals surface area (Å²) in [5, 5.41) is 3.40. The van der Waals surface area contributed by atoms with Gasteiger partial charge in [-0.15, -0.1) is 0 Å². The lowest BCUT2D eigenvalue weighted by Crippen LogP contribution is -2.23. The maximum atomic E-state index is 12.8. The van der Waals surface area contributed by atoms with Crippen molar-refractivity contribution in [1.82, 2.24) is 0 Å². The van der Waals surface area contributed by atoms with Crippen molar-refractivity contribution in [2.24, 2.45) is 0 Å². The molecular formula is C25H20ClNO5. The minimum absolute atomic E-state index is 0.294. The normalized spacial score (nSPS) is 14.8. The van der Waals surface area contributed by atoms with E-state index in [2.05, 4.69) is 5.32 Å². The zero-order valence-corrected chi connectivity index (χ0v) is 18.0. The Morgan fingerprint density at radius 2 is 1.72 bits per heavy atom. The summed E-state index contributed by atoms with van der Waals surface area (Å²) in [5.74, 6) is -1.16. The number of fused-ring (bicyclic) bond motifs is 1. The Hall–Kier alpha value is -3.64. The molecule has 0 spiro atoms. The number of amides is 1. The molecule has 4 rings (SSSR count). The van der Waals surface area contributed by atoms with Crippen LogP contribution in [0.15, 0.2) is 66.7 Å². The number of hydrogen-bond acceptors (Lipinski definition) is 5. The van der Waals surface area contributed by atoms with E-state index >= 15 is 0 Å². The lowest BCUT2D eigenvalue weighted by Gasteiger charge is -2.25. The van der Waals surface area contributed by atoms with Gasteiger partial charge in [-0.1, -0.05) is 23.7 Å². The van der Waals surface area contributed by atoms with E-state index in [0.29, 0.717) is 40.4 Å². The van der Waals surface area contributed by atoms with Crippen LogP contribution in [0.3, 0.4) is 0 Å². The molecule has 7 heteroatoms. The van der Waals surface area contributed by atoms with Crippen molar-refractivity contribution >= 4 is 35.1 Å². The quantitative estimate of drug-likeness (QED) is 0.540. The zero-order chi connectivity index (χ0) is 22.7. The van der Waals surface area contributed by atoms with Crippen LogP contribution in [0, 0.1) is 0 Å². The van der Waals surface area contributed by atoms with E-state index in [-0.39, 0.29) is 5.91 Å². The predicted octanol–water partition coefficient (Wildman–Crippen LogP) is 5.22. The molecule has 1 atom stereocenters. The molecule has 0 fully saturated rings. The molecule has 162 valence electrons. The lowest BCUT2D eigenvalue weighted by molar-refractivity contribution is 0.0252. The summed E-state index contributed by atoms with van der Waals surface area (Å²) in [6.45, 7) is 2.03. The van der Waals surface area contributed by atoms with Crippen LogP contribution in [0.1, 0.15) is 55.2 Å². The average molecular weight is 450 g/mol. The number of benzene rings is 3. The Morgan fingerprint density at radius 1 is 1.03 bits per heavy atom. The second kappa shape index (κ2) is 9.24. The molecule has 3 aromatic rings. The summed E-state index contributed by atoms with van der Waals surface area (Å²) in [6.07, 6.45) is 0.0129. The van der Waals surface area contributed by atoms with Crippen LogP contribution in [-0.2, 0) is 15.9 Å². The molecule has 0 radical (unpaired) electrons. The highest BCUT2D eigenvalue weighted by molar-refractivity contribution is 6.30. The van der Waals surface area contributed by atoms with Gasteiger partial charge >= 0.3 is 11.9 Å². The fraction of sp³-hybridized carbons (Fsp3) is 0.160. The maximum absolute atomic E-state index is 12.8. The van der Waals surface area contributed by atoms with Gasteiger partial charge < -0.3 is 14.8 Å². The molecule has 0 bridgehead atoms. The van der Waals surface area contributed by atoms with Crippen LogP contribution in [0.4, 0.5) is 5.69 Å². The Morgan fingerprint density at radius 3 is 2.41 bits per heavy atom. The van der Waals surface area contributed by atoms with Crippen molar-refractivity contribution in [2.45, 2.75) is 19.4 Å². The SMILES string of the molecule is CCOC(=O)c1ccc(NC(=O)c2ccc3c(c2)CC(c2ccc(Cl)cc2)OC3=O)cc1. The largest absolute Gasteiger partial charge is 0.462 e. The van der Waals surface area contributed by atoms with Crippen molar-refractivity contribution in [1.29, 1.82) is 0 Å². The third kappa shape index (κ3) is 4.65. The number of cyclic esters (lactones) is 1. The smallest absolute Gasteiger partial charge is 0.339 e. The van der Waals surface area contributed by atoms with E-state index in [4.69, 9.17) is 21.1 Å². The average Bonchev–Trinajstić information content (AvgIpc) is 2.79. The van der Waals surface area contributed by atoms with Gasteiger partial charge in [0.1, 0.15) is 6.10 Å². The monoisotopic (exact) mass is 449 g/mol. The second-order valence-corrected chi connectivity index (χ2v) is 7.71. The molecule has 1 heterocycles. The number of carbonyl (C=O) groups excluding carboxylic acids is 3. The van der Waals surface area contributed by atoms with Crippen LogP contribution in [0.5, 0.6) is 0 Å². The maximum Gasteiger partial charge on any atom is 0.339 e. The van der Waals surface area contributed by atoms with Gasteiger partial charge in [-0.3, -0.25) is 4.79 Å². The summed E-state index contributed by atoms with van der Waals surface area (Å²) in [5.41, 5.74) is 3.40. The third-order valence-corrected chi connectivity index (χ3v) is 5.39. The van der Waals surface area contributed by atoms with Crippen LogP contribution >= 0.6 is 11.6 Å². The molecule has 1 amide bonds. The first-order valence-corrected chi connectivity index (χ1v) is 10.5. The van der Waals surface area contributed by atoms with Crippen LogP contribution in [-0.4, -0.2) is 24.5 Å². The van der Waals surface area contributed by atoms with Crippen LogP contribution in [0.2, 0.25) is 5.02 Å². The molecular weight excluding hydrogens is 430 g/mol. The minimum atomic E-state index is -0.444. The lowest BCUT2D eigenvalue weighted by atomic mass is 9.93. The molecule has 0 saturated carbocycles. The van der Waals surface area contributed by atoms with Gasteiger partial charge in [-0.25, -0.2) is 9.59 Å². The Labute approximate surface area is 190 Å². The molecule has 3 aromatic carbocycles. The van der Waals surface area contributed by atoms with Crippen molar-refractivity contribution in [2.75, 3.05) is 11.9 Å². The molecule has 1 aliphatic rings. The van der Waals surface area contributed by atoms with Gasteiger partial charge in [-0.05, 0) is 72.6 Å². The van der Waals surface area contributed by atoms with Gasteiger partial charge in [0.15, 0.2) is 0 Å². The Kier molecular flexibility index (Phi) is 6.23. The number of rotatable bonds is 5. The molecule has 1 N–H and O–H groups in total. The van der Waals surface area contributed by atoms with E-state index in [1.165, 1.54) is 0 Å². The van der Waals surface area contributed by atoms with Crippen LogP contribution < -0.4 is 5.32 Å². The first kappa shape index (κ1) is 21.6. The molecule has 1 unspecified atom stereocenters. The number of esters is 2. The zero-order valence-electron chi connectivity index (χ0n) is 17.3. The molecule has 0 aromatic heterocycles. The van der Waals surface area contributed by atoms with Crippen molar-refractivity contribution in [3.05, 3.63) is 99.6 Å². The summed E-state index contributed by atoms with van der Waals surface area (Å²) in [6, 6.07) is 18.5. The van der Waals surface area contributed by atoms with Crippen LogP contribution in [0.25, 0.3) is 0 Å². The van der Waals surface area contributed by atoms with Crippen molar-refractivity contribution < 1.29 is 23.9 Å². The third-order valence-electron chi connectivity index (χ3n) is 5.14. The number of halogens is 1. The summed E-state index contributed by atoms with van der Waals surface area (Å²) in [4.78, 5) is 37.0. The van der Waals surface area contributed by atoms with Gasteiger partial charge in [0, 0.05) is 22.7 Å². The van der Waals surface area contributed by atoms with E-state index in [1.807, 2.05) is 12.1 Å². The molecule has 0 aliphatic carbocycles. The number of carbonyl (C=O) groups is 3. The van der Waals surface area contributed by atoms with E-state index in [9.17, 15) is 14.4 Å². The van der Waals surface area contributed by atoms with Crippen molar-refractivity contribution in [3.8, 4) is 0 Å². The van der Waals surface area contributed by atoms with Gasteiger partial charge in [-0.2, -0.15) is 0 Å². The van der Waals surface area contributed by atoms with Gasteiger partial charge in [0.25, 0.3) is 5.91 Å². The number of nitrogens with one attached hydrogen (secondary N) is 1. The van der Waals surface area contributed by atoms with Gasteiger partial charge in [0.05, 0.1) is 17.7 Å². The fourth-order valence-electron chi connectivity index (χ4n) is 3.51. The minimum Gasteiger partial charge on any atom is -0.462 e. The molecule has 1 aliphatic heterocycles. The molecule has 32 heavy (non-hydrogen) atoms. The highest BCUT2D eigenvalue weighted by Gasteiger charge is 2.28. The standard InChI is InChI=1S/C25H20ClNO5/c1-2-31-24(29)16-5-10-20(11-6-16)27-23(28)17-7-12-21-18(13-17)14-22(32-25(21)30)15-3-8-19(26)9-4-15/h3-13,22H,2,14H2,1H3,(H,27,28). The van der Waals surface area contributed by atoms with Crippen molar-refractivity contribution in [3.63, 3.8) is 0 Å². The highest BCUT2D eigenvalue weighted by Crippen LogP contribution is 2.31. The summed E-state index contributed by atoms with van der Waals surface area (Å²) in [7, 11) is 0. The predicted molar refractivity (Wildman–Crippen MR) is 120 cm³/mol. The molecule has 6 nitrogen and oxygen atoms in total. The summed E-state index contributed by atoms with van der Waals surface area (Å²) < 4.78 is 10.5. The highest BCUT2D eigenvalue weighted by atomic mass is 35.5.